The van der Waals surface area contributed by atoms with Crippen molar-refractivity contribution < 1.29 is 13.2 Å². The fraction of sp³-hybridized carbons (Fsp3) is 0.500. The molecule has 0 atom stereocenters. The lowest BCUT2D eigenvalue weighted by molar-refractivity contribution is 0.0827. The summed E-state index contributed by atoms with van der Waals surface area (Å²) in [7, 11) is 0.0978. The summed E-state index contributed by atoms with van der Waals surface area (Å²) in [6.45, 7) is 2.36. The number of hydrogen-bond donors (Lipinski definition) is 2. The summed E-state index contributed by atoms with van der Waals surface area (Å²) >= 11 is 0. The van der Waals surface area contributed by atoms with E-state index >= 15 is 0 Å². The van der Waals surface area contributed by atoms with Crippen LogP contribution < -0.4 is 10.0 Å². The van der Waals surface area contributed by atoms with E-state index in [1.165, 1.54) is 11.1 Å². The summed E-state index contributed by atoms with van der Waals surface area (Å²) in [4.78, 5) is 17.2. The Morgan fingerprint density at radius 2 is 2.05 bits per heavy atom. The van der Waals surface area contributed by atoms with Gasteiger partial charge in [0.25, 0.3) is 5.91 Å². The van der Waals surface area contributed by atoms with E-state index in [-0.39, 0.29) is 18.2 Å². The molecule has 0 radical (unpaired) electrons. The quantitative estimate of drug-likeness (QED) is 0.747. The van der Waals surface area contributed by atoms with Gasteiger partial charge in [0.1, 0.15) is 5.82 Å². The van der Waals surface area contributed by atoms with E-state index in [0.717, 1.165) is 0 Å². The Bertz CT molecular complexity index is 540. The van der Waals surface area contributed by atoms with Gasteiger partial charge in [0.05, 0.1) is 11.3 Å². The monoisotopic (exact) mass is 300 g/mol. The largest absolute Gasteiger partial charge is 0.369 e. The minimum atomic E-state index is -3.24. The van der Waals surface area contributed by atoms with E-state index in [0.29, 0.717) is 17.9 Å². The van der Waals surface area contributed by atoms with Crippen molar-refractivity contribution in [2.24, 2.45) is 0 Å². The minimum absolute atomic E-state index is 0.0269. The Kier molecular flexibility index (Phi) is 5.90. The highest BCUT2D eigenvalue weighted by atomic mass is 32.2. The number of nitrogens with one attached hydrogen (secondary N) is 2. The zero-order valence-electron chi connectivity index (χ0n) is 11.9. The summed E-state index contributed by atoms with van der Waals surface area (Å²) in [6.07, 6.45) is 1.46. The van der Waals surface area contributed by atoms with Gasteiger partial charge < -0.3 is 10.2 Å². The van der Waals surface area contributed by atoms with Gasteiger partial charge in [0.15, 0.2) is 0 Å². The fourth-order valence-electron chi connectivity index (χ4n) is 1.49. The van der Waals surface area contributed by atoms with Crippen LogP contribution in [-0.4, -0.2) is 57.1 Å². The van der Waals surface area contributed by atoms with Crippen molar-refractivity contribution in [3.05, 3.63) is 23.9 Å². The van der Waals surface area contributed by atoms with E-state index in [2.05, 4.69) is 15.0 Å². The minimum Gasteiger partial charge on any atom is -0.369 e. The van der Waals surface area contributed by atoms with Crippen LogP contribution in [0.15, 0.2) is 18.3 Å². The summed E-state index contributed by atoms with van der Waals surface area (Å²) in [6, 6.07) is 3.30. The first-order valence-corrected chi connectivity index (χ1v) is 7.90. The molecular weight excluding hydrogens is 280 g/mol. The van der Waals surface area contributed by atoms with Crippen molar-refractivity contribution in [3.63, 3.8) is 0 Å². The molecule has 1 aromatic rings. The molecule has 7 nitrogen and oxygen atoms in total. The molecule has 1 rings (SSSR count). The van der Waals surface area contributed by atoms with Gasteiger partial charge in [-0.05, 0) is 12.1 Å². The van der Waals surface area contributed by atoms with Crippen molar-refractivity contribution >= 4 is 21.7 Å². The average Bonchev–Trinajstić information content (AvgIpc) is 2.38. The van der Waals surface area contributed by atoms with Crippen molar-refractivity contribution in [1.29, 1.82) is 0 Å². The molecule has 0 saturated heterocycles. The van der Waals surface area contributed by atoms with Gasteiger partial charge in [-0.15, -0.1) is 0 Å². The van der Waals surface area contributed by atoms with E-state index in [1.807, 2.05) is 0 Å². The van der Waals surface area contributed by atoms with Crippen LogP contribution in [0.5, 0.6) is 0 Å². The first-order valence-electron chi connectivity index (χ1n) is 6.24. The maximum atomic E-state index is 11.7. The second kappa shape index (κ2) is 7.20. The van der Waals surface area contributed by atoms with Gasteiger partial charge in [0, 0.05) is 33.4 Å². The molecule has 0 aliphatic carbocycles. The van der Waals surface area contributed by atoms with E-state index in [9.17, 15) is 13.2 Å². The summed E-state index contributed by atoms with van der Waals surface area (Å²) in [5.41, 5.74) is 0.487. The predicted octanol–water partition coefficient (Wildman–Crippen LogP) is 0.135. The van der Waals surface area contributed by atoms with Crippen LogP contribution in [0.4, 0.5) is 5.82 Å². The molecule has 0 aromatic carbocycles. The Morgan fingerprint density at radius 1 is 1.35 bits per heavy atom. The number of carbonyl (C=O) groups excluding carboxylic acids is 1. The molecular formula is C12H20N4O3S. The molecule has 0 saturated carbocycles. The highest BCUT2D eigenvalue weighted by molar-refractivity contribution is 7.89. The number of rotatable bonds is 7. The lowest BCUT2D eigenvalue weighted by Gasteiger charge is -2.10. The number of amides is 1. The molecule has 1 heterocycles. The van der Waals surface area contributed by atoms with E-state index in [1.54, 1.807) is 33.2 Å². The lowest BCUT2D eigenvalue weighted by atomic mass is 10.2. The van der Waals surface area contributed by atoms with Crippen LogP contribution in [0.2, 0.25) is 0 Å². The smallest absolute Gasteiger partial charge is 0.254 e. The van der Waals surface area contributed by atoms with Crippen molar-refractivity contribution in [2.45, 2.75) is 6.92 Å². The molecule has 2 N–H and O–H groups in total. The molecule has 0 bridgehead atoms. The highest BCUT2D eigenvalue weighted by Gasteiger charge is 2.09. The molecule has 20 heavy (non-hydrogen) atoms. The second-order valence-corrected chi connectivity index (χ2v) is 6.30. The number of hydrogen-bond acceptors (Lipinski definition) is 5. The Balaban J connectivity index is 2.53. The molecule has 0 unspecified atom stereocenters. The number of nitrogens with zero attached hydrogens (tertiary/aromatic N) is 2. The van der Waals surface area contributed by atoms with Gasteiger partial charge >= 0.3 is 0 Å². The number of sulfonamides is 1. The van der Waals surface area contributed by atoms with Gasteiger partial charge in [-0.3, -0.25) is 4.79 Å². The third kappa shape index (κ3) is 5.14. The molecule has 112 valence electrons. The molecule has 1 amide bonds. The van der Waals surface area contributed by atoms with E-state index < -0.39 is 10.0 Å². The van der Waals surface area contributed by atoms with Crippen LogP contribution in [0.3, 0.4) is 0 Å². The van der Waals surface area contributed by atoms with Gasteiger partial charge in [-0.1, -0.05) is 6.92 Å². The van der Waals surface area contributed by atoms with Crippen LogP contribution in [0, 0.1) is 0 Å². The van der Waals surface area contributed by atoms with Crippen molar-refractivity contribution in [1.82, 2.24) is 14.6 Å². The Hall–Kier alpha value is -1.67. The third-order valence-electron chi connectivity index (χ3n) is 2.46. The summed E-state index contributed by atoms with van der Waals surface area (Å²) in [5.74, 6) is 0.381. The second-order valence-electron chi connectivity index (χ2n) is 4.38. The average molecular weight is 300 g/mol. The zero-order valence-corrected chi connectivity index (χ0v) is 12.7. The summed E-state index contributed by atoms with van der Waals surface area (Å²) < 4.78 is 25.2. The zero-order chi connectivity index (χ0) is 15.2. The summed E-state index contributed by atoms with van der Waals surface area (Å²) in [5, 5.41) is 2.90. The number of carbonyl (C=O) groups is 1. The molecule has 0 aliphatic heterocycles. The predicted molar refractivity (Wildman–Crippen MR) is 78.2 cm³/mol. The maximum Gasteiger partial charge on any atom is 0.254 e. The first-order chi connectivity index (χ1) is 9.35. The molecule has 0 spiro atoms. The van der Waals surface area contributed by atoms with Crippen molar-refractivity contribution in [2.75, 3.05) is 38.3 Å². The van der Waals surface area contributed by atoms with Gasteiger partial charge in [-0.25, -0.2) is 18.1 Å². The van der Waals surface area contributed by atoms with Gasteiger partial charge in [-0.2, -0.15) is 0 Å². The molecule has 1 aromatic heterocycles. The van der Waals surface area contributed by atoms with Crippen LogP contribution >= 0.6 is 0 Å². The third-order valence-corrected chi connectivity index (χ3v) is 3.93. The molecule has 0 fully saturated rings. The maximum absolute atomic E-state index is 11.7. The number of pyridine rings is 1. The van der Waals surface area contributed by atoms with Crippen LogP contribution in [0.25, 0.3) is 0 Å². The first kappa shape index (κ1) is 16.4. The lowest BCUT2D eigenvalue weighted by Crippen LogP contribution is -2.29. The highest BCUT2D eigenvalue weighted by Crippen LogP contribution is 2.06. The number of aromatic nitrogens is 1. The number of anilines is 1. The topological polar surface area (TPSA) is 91.4 Å². The molecule has 0 aliphatic rings. The van der Waals surface area contributed by atoms with Gasteiger partial charge in [0.2, 0.25) is 10.0 Å². The Labute approximate surface area is 119 Å². The molecule has 8 heteroatoms. The van der Waals surface area contributed by atoms with Crippen LogP contribution in [-0.2, 0) is 10.0 Å². The standard InChI is InChI=1S/C12H20N4O3S/c1-4-15-20(18,19)8-7-13-11-6-5-10(9-14-11)12(17)16(2)3/h5-6,9,15H,4,7-8H2,1-3H3,(H,13,14). The van der Waals surface area contributed by atoms with E-state index in [4.69, 9.17) is 0 Å². The SMILES string of the molecule is CCNS(=O)(=O)CCNc1ccc(C(=O)N(C)C)cn1. The fourth-order valence-corrected chi connectivity index (χ4v) is 2.44. The van der Waals surface area contributed by atoms with Crippen LogP contribution in [0.1, 0.15) is 17.3 Å². The Morgan fingerprint density at radius 3 is 2.55 bits per heavy atom. The normalized spacial score (nSPS) is 11.2. The van der Waals surface area contributed by atoms with Crippen molar-refractivity contribution in [3.8, 4) is 0 Å².